The third kappa shape index (κ3) is 3.15. The largest absolute Gasteiger partial charge is 0.308 e. The van der Waals surface area contributed by atoms with E-state index in [1.807, 2.05) is 22.7 Å². The predicted octanol–water partition coefficient (Wildman–Crippen LogP) is 4.05. The molecule has 1 aliphatic carbocycles. The lowest BCUT2D eigenvalue weighted by Crippen LogP contribution is -2.34. The van der Waals surface area contributed by atoms with Crippen LogP contribution in [0.15, 0.2) is 24.5 Å². The van der Waals surface area contributed by atoms with Gasteiger partial charge in [-0.15, -0.1) is 0 Å². The van der Waals surface area contributed by atoms with Gasteiger partial charge in [-0.25, -0.2) is 4.98 Å². The molecule has 2 aromatic heterocycles. The average Bonchev–Trinajstić information content (AvgIpc) is 2.87. The van der Waals surface area contributed by atoms with Crippen molar-refractivity contribution in [3.8, 4) is 0 Å². The third-order valence-electron chi connectivity index (χ3n) is 4.43. The van der Waals surface area contributed by atoms with E-state index >= 15 is 0 Å². The molecule has 4 heteroatoms. The summed E-state index contributed by atoms with van der Waals surface area (Å²) in [6.45, 7) is 3.14. The number of nitrogens with one attached hydrogen (secondary N) is 1. The summed E-state index contributed by atoms with van der Waals surface area (Å²) in [5.41, 5.74) is 2.03. The van der Waals surface area contributed by atoms with Gasteiger partial charge in [0.25, 0.3) is 0 Å². The van der Waals surface area contributed by atoms with Crippen molar-refractivity contribution in [1.29, 1.82) is 0 Å². The standard InChI is InChI=1S/C16H22ClN3/c1-12(13-5-3-2-4-6-13)18-9-15-11-20-10-14(17)7-8-16(20)19-15/h7-8,10-13,18H,2-6,9H2,1H3/t12-/m0/s1. The number of pyridine rings is 1. The van der Waals surface area contributed by atoms with Crippen molar-refractivity contribution >= 4 is 17.2 Å². The van der Waals surface area contributed by atoms with E-state index in [0.717, 1.165) is 28.8 Å². The van der Waals surface area contributed by atoms with Crippen LogP contribution in [0.2, 0.25) is 5.02 Å². The van der Waals surface area contributed by atoms with E-state index in [2.05, 4.69) is 23.4 Å². The molecule has 0 amide bonds. The Hall–Kier alpha value is -1.06. The molecule has 1 fully saturated rings. The smallest absolute Gasteiger partial charge is 0.137 e. The van der Waals surface area contributed by atoms with Gasteiger partial charge < -0.3 is 9.72 Å². The highest BCUT2D eigenvalue weighted by atomic mass is 35.5. The van der Waals surface area contributed by atoms with E-state index < -0.39 is 0 Å². The summed E-state index contributed by atoms with van der Waals surface area (Å²) in [6.07, 6.45) is 10.9. The fourth-order valence-corrected chi connectivity index (χ4v) is 3.34. The zero-order chi connectivity index (χ0) is 13.9. The number of nitrogens with zero attached hydrogens (tertiary/aromatic N) is 2. The van der Waals surface area contributed by atoms with E-state index in [-0.39, 0.29) is 0 Å². The number of hydrogen-bond acceptors (Lipinski definition) is 2. The Balaban J connectivity index is 1.61. The van der Waals surface area contributed by atoms with E-state index in [0.29, 0.717) is 6.04 Å². The lowest BCUT2D eigenvalue weighted by molar-refractivity contribution is 0.280. The zero-order valence-electron chi connectivity index (χ0n) is 12.0. The fraction of sp³-hybridized carbons (Fsp3) is 0.562. The Morgan fingerprint density at radius 3 is 2.90 bits per heavy atom. The van der Waals surface area contributed by atoms with Crippen LogP contribution in [-0.4, -0.2) is 15.4 Å². The van der Waals surface area contributed by atoms with Gasteiger partial charge in [-0.3, -0.25) is 0 Å². The van der Waals surface area contributed by atoms with Crippen LogP contribution in [0.3, 0.4) is 0 Å². The lowest BCUT2D eigenvalue weighted by Gasteiger charge is -2.28. The molecular weight excluding hydrogens is 270 g/mol. The first-order valence-corrected chi connectivity index (χ1v) is 7.97. The molecule has 1 saturated carbocycles. The monoisotopic (exact) mass is 291 g/mol. The van der Waals surface area contributed by atoms with Crippen molar-refractivity contribution in [1.82, 2.24) is 14.7 Å². The van der Waals surface area contributed by atoms with E-state index in [4.69, 9.17) is 11.6 Å². The summed E-state index contributed by atoms with van der Waals surface area (Å²) in [6, 6.07) is 4.41. The van der Waals surface area contributed by atoms with E-state index in [1.165, 1.54) is 32.1 Å². The van der Waals surface area contributed by atoms with E-state index in [9.17, 15) is 0 Å². The summed E-state index contributed by atoms with van der Waals surface area (Å²) >= 11 is 5.99. The third-order valence-corrected chi connectivity index (χ3v) is 4.65. The molecule has 108 valence electrons. The van der Waals surface area contributed by atoms with Gasteiger partial charge in [0.1, 0.15) is 5.65 Å². The Bertz CT molecular complexity index is 572. The van der Waals surface area contributed by atoms with Crippen LogP contribution in [-0.2, 0) is 6.54 Å². The molecule has 2 heterocycles. The second kappa shape index (κ2) is 6.15. The van der Waals surface area contributed by atoms with Crippen molar-refractivity contribution in [2.24, 2.45) is 5.92 Å². The second-order valence-electron chi connectivity index (χ2n) is 5.91. The van der Waals surface area contributed by atoms with Crippen LogP contribution in [0, 0.1) is 5.92 Å². The Labute approximate surface area is 125 Å². The van der Waals surface area contributed by atoms with Gasteiger partial charge in [0.15, 0.2) is 0 Å². The molecule has 0 aromatic carbocycles. The van der Waals surface area contributed by atoms with Gasteiger partial charge in [0.2, 0.25) is 0 Å². The number of rotatable bonds is 4. The normalized spacial score (nSPS) is 18.5. The summed E-state index contributed by atoms with van der Waals surface area (Å²) in [7, 11) is 0. The highest BCUT2D eigenvalue weighted by molar-refractivity contribution is 6.30. The molecule has 1 N–H and O–H groups in total. The number of halogens is 1. The number of fused-ring (bicyclic) bond motifs is 1. The number of imidazole rings is 1. The lowest BCUT2D eigenvalue weighted by atomic mass is 9.84. The van der Waals surface area contributed by atoms with Crippen molar-refractivity contribution in [2.45, 2.75) is 51.6 Å². The molecule has 3 nitrogen and oxygen atoms in total. The highest BCUT2D eigenvalue weighted by Gasteiger charge is 2.19. The SMILES string of the molecule is C[C@H](NCc1cn2cc(Cl)ccc2n1)C1CCCCC1. The maximum absolute atomic E-state index is 5.99. The molecule has 0 bridgehead atoms. The first-order valence-electron chi connectivity index (χ1n) is 7.59. The van der Waals surface area contributed by atoms with Crippen molar-refractivity contribution in [2.75, 3.05) is 0 Å². The topological polar surface area (TPSA) is 29.3 Å². The molecule has 0 aliphatic heterocycles. The molecule has 0 unspecified atom stereocenters. The number of aromatic nitrogens is 2. The molecule has 1 aliphatic rings. The van der Waals surface area contributed by atoms with Gasteiger partial charge >= 0.3 is 0 Å². The predicted molar refractivity (Wildman–Crippen MR) is 83.1 cm³/mol. The fourth-order valence-electron chi connectivity index (χ4n) is 3.17. The minimum Gasteiger partial charge on any atom is -0.308 e. The van der Waals surface area contributed by atoms with Gasteiger partial charge in [-0.05, 0) is 37.8 Å². The number of hydrogen-bond donors (Lipinski definition) is 1. The van der Waals surface area contributed by atoms with Crippen LogP contribution in [0.1, 0.15) is 44.7 Å². The molecule has 1 atom stereocenters. The molecule has 0 radical (unpaired) electrons. The Morgan fingerprint density at radius 2 is 2.10 bits per heavy atom. The van der Waals surface area contributed by atoms with E-state index in [1.54, 1.807) is 0 Å². The van der Waals surface area contributed by atoms with Crippen molar-refractivity contribution < 1.29 is 0 Å². The molecule has 20 heavy (non-hydrogen) atoms. The van der Waals surface area contributed by atoms with Crippen LogP contribution in [0.4, 0.5) is 0 Å². The Morgan fingerprint density at radius 1 is 1.30 bits per heavy atom. The highest BCUT2D eigenvalue weighted by Crippen LogP contribution is 2.26. The molecule has 0 spiro atoms. The summed E-state index contributed by atoms with van der Waals surface area (Å²) in [5.74, 6) is 0.829. The Kier molecular flexibility index (Phi) is 4.27. The van der Waals surface area contributed by atoms with Crippen LogP contribution >= 0.6 is 11.6 Å². The average molecular weight is 292 g/mol. The van der Waals surface area contributed by atoms with Gasteiger partial charge in [-0.2, -0.15) is 0 Å². The van der Waals surface area contributed by atoms with Gasteiger partial charge in [0.05, 0.1) is 10.7 Å². The minimum atomic E-state index is 0.573. The first-order chi connectivity index (χ1) is 9.72. The molecule has 0 saturated heterocycles. The quantitative estimate of drug-likeness (QED) is 0.921. The zero-order valence-corrected chi connectivity index (χ0v) is 12.7. The van der Waals surface area contributed by atoms with Crippen molar-refractivity contribution in [3.63, 3.8) is 0 Å². The van der Waals surface area contributed by atoms with Gasteiger partial charge in [-0.1, -0.05) is 30.9 Å². The summed E-state index contributed by atoms with van der Waals surface area (Å²) < 4.78 is 1.99. The molecular formula is C16H22ClN3. The van der Waals surface area contributed by atoms with Crippen molar-refractivity contribution in [3.05, 3.63) is 35.2 Å². The summed E-state index contributed by atoms with van der Waals surface area (Å²) in [5, 5.41) is 4.38. The molecule has 2 aromatic rings. The maximum atomic E-state index is 5.99. The molecule has 3 rings (SSSR count). The maximum Gasteiger partial charge on any atom is 0.137 e. The van der Waals surface area contributed by atoms with Crippen LogP contribution in [0.5, 0.6) is 0 Å². The summed E-state index contributed by atoms with van der Waals surface area (Å²) in [4.78, 5) is 4.61. The minimum absolute atomic E-state index is 0.573. The van der Waals surface area contributed by atoms with Crippen LogP contribution < -0.4 is 5.32 Å². The van der Waals surface area contributed by atoms with Gasteiger partial charge in [0, 0.05) is 25.0 Å². The second-order valence-corrected chi connectivity index (χ2v) is 6.35. The first kappa shape index (κ1) is 13.9. The van der Waals surface area contributed by atoms with Crippen LogP contribution in [0.25, 0.3) is 5.65 Å².